The quantitative estimate of drug-likeness (QED) is 0.210. The molecule has 0 saturated carbocycles. The van der Waals surface area contributed by atoms with Crippen LogP contribution in [0.3, 0.4) is 0 Å². The van der Waals surface area contributed by atoms with Crippen LogP contribution in [0.5, 0.6) is 0 Å². The van der Waals surface area contributed by atoms with Crippen LogP contribution in [0.25, 0.3) is 34.4 Å². The molecule has 170 valence electrons. The predicted octanol–water partition coefficient (Wildman–Crippen LogP) is 8.24. The Morgan fingerprint density at radius 1 is 0.735 bits per heavy atom. The average molecular weight is 457 g/mol. The molecule has 0 spiro atoms. The van der Waals surface area contributed by atoms with Crippen LogP contribution in [0.2, 0.25) is 0 Å². The molecule has 0 N–H and O–H groups in total. The molecule has 1 aliphatic heterocycles. The Labute approximate surface area is 197 Å². The lowest BCUT2D eigenvalue weighted by Crippen LogP contribution is -1.94. The Kier molecular flexibility index (Phi) is 6.08. The van der Waals surface area contributed by atoms with Gasteiger partial charge in [-0.05, 0) is 40.3 Å². The number of halogens is 3. The molecule has 34 heavy (non-hydrogen) atoms. The van der Waals surface area contributed by atoms with Gasteiger partial charge >= 0.3 is 0 Å². The van der Waals surface area contributed by atoms with Gasteiger partial charge in [0.05, 0.1) is 6.61 Å². The van der Waals surface area contributed by atoms with Gasteiger partial charge in [0.1, 0.15) is 11.9 Å². The van der Waals surface area contributed by atoms with Crippen LogP contribution in [0.1, 0.15) is 35.3 Å². The second-order valence-electron chi connectivity index (χ2n) is 8.40. The van der Waals surface area contributed by atoms with Crippen LogP contribution in [0, 0.1) is 17.5 Å². The van der Waals surface area contributed by atoms with E-state index >= 15 is 0 Å². The topological polar surface area (TPSA) is 12.5 Å². The summed E-state index contributed by atoms with van der Waals surface area (Å²) in [6.45, 7) is 2.62. The predicted molar refractivity (Wildman–Crippen MR) is 131 cm³/mol. The SMILES string of the molecule is CCc1ccc(-c2ccc(-c3ccc(/C=C/c4ccc(C5CO5)c(F)c4)cc3)c(F)c2F)cc1. The van der Waals surface area contributed by atoms with Crippen LogP contribution in [-0.2, 0) is 11.2 Å². The third-order valence-corrected chi connectivity index (χ3v) is 6.15. The van der Waals surface area contributed by atoms with Gasteiger partial charge in [0.15, 0.2) is 11.6 Å². The number of epoxide rings is 1. The van der Waals surface area contributed by atoms with E-state index in [0.29, 0.717) is 23.3 Å². The van der Waals surface area contributed by atoms with E-state index in [9.17, 15) is 13.2 Å². The number of rotatable bonds is 6. The van der Waals surface area contributed by atoms with Crippen molar-refractivity contribution in [2.24, 2.45) is 0 Å². The molecular formula is C30H23F3O. The Morgan fingerprint density at radius 3 is 1.79 bits per heavy atom. The molecule has 1 aliphatic rings. The van der Waals surface area contributed by atoms with E-state index in [4.69, 9.17) is 4.74 Å². The van der Waals surface area contributed by atoms with Crippen LogP contribution in [0.15, 0.2) is 78.9 Å². The molecule has 4 aromatic rings. The molecule has 4 aromatic carbocycles. The van der Waals surface area contributed by atoms with Gasteiger partial charge in [-0.15, -0.1) is 0 Å². The molecule has 1 atom stereocenters. The Balaban J connectivity index is 1.35. The summed E-state index contributed by atoms with van der Waals surface area (Å²) < 4.78 is 49.1. The van der Waals surface area contributed by atoms with Crippen molar-refractivity contribution in [1.82, 2.24) is 0 Å². The monoisotopic (exact) mass is 456 g/mol. The first-order chi connectivity index (χ1) is 16.5. The molecule has 0 aromatic heterocycles. The van der Waals surface area contributed by atoms with Gasteiger partial charge in [0, 0.05) is 16.7 Å². The van der Waals surface area contributed by atoms with Gasteiger partial charge in [-0.25, -0.2) is 13.2 Å². The fraction of sp³-hybridized carbons (Fsp3) is 0.133. The maximum absolute atomic E-state index is 14.9. The van der Waals surface area contributed by atoms with Gasteiger partial charge in [0.25, 0.3) is 0 Å². The van der Waals surface area contributed by atoms with E-state index in [2.05, 4.69) is 0 Å². The Morgan fingerprint density at radius 2 is 1.26 bits per heavy atom. The molecule has 1 heterocycles. The average Bonchev–Trinajstić information content (AvgIpc) is 3.70. The highest BCUT2D eigenvalue weighted by molar-refractivity contribution is 5.74. The summed E-state index contributed by atoms with van der Waals surface area (Å²) in [5.74, 6) is -1.99. The largest absolute Gasteiger partial charge is 0.368 e. The molecule has 0 bridgehead atoms. The van der Waals surface area contributed by atoms with E-state index in [1.807, 2.05) is 61.5 Å². The summed E-state index contributed by atoms with van der Waals surface area (Å²) in [5.41, 5.74) is 5.02. The van der Waals surface area contributed by atoms with Crippen molar-refractivity contribution < 1.29 is 17.9 Å². The van der Waals surface area contributed by atoms with Gasteiger partial charge < -0.3 is 4.74 Å². The molecule has 1 saturated heterocycles. The van der Waals surface area contributed by atoms with Crippen LogP contribution in [-0.4, -0.2) is 6.61 Å². The lowest BCUT2D eigenvalue weighted by Gasteiger charge is -2.10. The van der Waals surface area contributed by atoms with Gasteiger partial charge in [-0.2, -0.15) is 0 Å². The molecule has 4 heteroatoms. The molecule has 0 radical (unpaired) electrons. The van der Waals surface area contributed by atoms with Crippen molar-refractivity contribution >= 4 is 12.2 Å². The fourth-order valence-electron chi connectivity index (χ4n) is 4.02. The minimum absolute atomic E-state index is 0.119. The molecule has 5 rings (SSSR count). The molecule has 1 fully saturated rings. The maximum Gasteiger partial charge on any atom is 0.167 e. The third-order valence-electron chi connectivity index (χ3n) is 6.15. The van der Waals surface area contributed by atoms with Crippen molar-refractivity contribution in [3.63, 3.8) is 0 Å². The van der Waals surface area contributed by atoms with Crippen molar-refractivity contribution in [3.05, 3.63) is 119 Å². The van der Waals surface area contributed by atoms with E-state index in [1.54, 1.807) is 30.3 Å². The van der Waals surface area contributed by atoms with E-state index in [1.165, 1.54) is 6.07 Å². The van der Waals surface area contributed by atoms with Crippen molar-refractivity contribution in [1.29, 1.82) is 0 Å². The lowest BCUT2D eigenvalue weighted by molar-refractivity contribution is 0.408. The Hall–Kier alpha value is -3.63. The zero-order valence-electron chi connectivity index (χ0n) is 18.7. The minimum atomic E-state index is -0.865. The normalized spacial score (nSPS) is 15.1. The van der Waals surface area contributed by atoms with E-state index < -0.39 is 11.6 Å². The summed E-state index contributed by atoms with van der Waals surface area (Å²) in [5, 5.41) is 0. The van der Waals surface area contributed by atoms with Crippen LogP contribution >= 0.6 is 0 Å². The number of hydrogen-bond donors (Lipinski definition) is 0. The molecule has 0 amide bonds. The first-order valence-electron chi connectivity index (χ1n) is 11.3. The van der Waals surface area contributed by atoms with Crippen LogP contribution < -0.4 is 0 Å². The number of aryl methyl sites for hydroxylation is 1. The zero-order chi connectivity index (χ0) is 23.7. The summed E-state index contributed by atoms with van der Waals surface area (Å²) in [6, 6.07) is 22.9. The first-order valence-corrected chi connectivity index (χ1v) is 11.3. The number of hydrogen-bond acceptors (Lipinski definition) is 1. The molecule has 1 unspecified atom stereocenters. The standard InChI is InChI=1S/C30H23F3O/c1-2-19-5-10-22(11-6-19)24-15-16-25(30(33)29(24)32)23-12-7-20(8-13-23)3-4-21-9-14-26(27(31)17-21)28-18-34-28/h3-17,28H,2,18H2,1H3/b4-3+. The van der Waals surface area contributed by atoms with Crippen LogP contribution in [0.4, 0.5) is 13.2 Å². The summed E-state index contributed by atoms with van der Waals surface area (Å²) in [4.78, 5) is 0. The van der Waals surface area contributed by atoms with Crippen molar-refractivity contribution in [2.45, 2.75) is 19.4 Å². The Bertz CT molecular complexity index is 1350. The van der Waals surface area contributed by atoms with E-state index in [-0.39, 0.29) is 23.0 Å². The fourth-order valence-corrected chi connectivity index (χ4v) is 4.02. The van der Waals surface area contributed by atoms with E-state index in [0.717, 1.165) is 23.1 Å². The second-order valence-corrected chi connectivity index (χ2v) is 8.40. The molecular weight excluding hydrogens is 433 g/mol. The van der Waals surface area contributed by atoms with Gasteiger partial charge in [-0.3, -0.25) is 0 Å². The first kappa shape index (κ1) is 22.2. The van der Waals surface area contributed by atoms with Gasteiger partial charge in [-0.1, -0.05) is 91.9 Å². The van der Waals surface area contributed by atoms with Crippen molar-refractivity contribution in [2.75, 3.05) is 6.61 Å². The zero-order valence-corrected chi connectivity index (χ0v) is 18.7. The van der Waals surface area contributed by atoms with Gasteiger partial charge in [0.2, 0.25) is 0 Å². The molecule has 1 nitrogen and oxygen atoms in total. The number of ether oxygens (including phenoxy) is 1. The second kappa shape index (κ2) is 9.32. The summed E-state index contributed by atoms with van der Waals surface area (Å²) in [7, 11) is 0. The summed E-state index contributed by atoms with van der Waals surface area (Å²) >= 11 is 0. The summed E-state index contributed by atoms with van der Waals surface area (Å²) in [6.07, 6.45) is 4.44. The highest BCUT2D eigenvalue weighted by Gasteiger charge is 2.27. The maximum atomic E-state index is 14.9. The molecule has 0 aliphatic carbocycles. The third kappa shape index (κ3) is 4.55. The smallest absolute Gasteiger partial charge is 0.167 e. The highest BCUT2D eigenvalue weighted by atomic mass is 19.2. The minimum Gasteiger partial charge on any atom is -0.368 e. The number of benzene rings is 4. The highest BCUT2D eigenvalue weighted by Crippen LogP contribution is 2.33. The lowest BCUT2D eigenvalue weighted by atomic mass is 9.97. The van der Waals surface area contributed by atoms with Crippen molar-refractivity contribution in [3.8, 4) is 22.3 Å².